The molecule has 25 heavy (non-hydrogen) atoms. The fourth-order valence-electron chi connectivity index (χ4n) is 2.39. The number of hydrogen-bond donors (Lipinski definition) is 2. The first-order valence-electron chi connectivity index (χ1n) is 7.99. The Morgan fingerprint density at radius 1 is 1.12 bits per heavy atom. The molecule has 136 valence electrons. The molecule has 0 radical (unpaired) electrons. The van der Waals surface area contributed by atoms with Gasteiger partial charge in [-0.3, -0.25) is 25.3 Å². The SMILES string of the molecule is CCOC(=O)N1CCN(CC(=O)NNC(=O)c2ccccc2Br)CC1. The van der Waals surface area contributed by atoms with Crippen molar-refractivity contribution in [2.45, 2.75) is 6.92 Å². The van der Waals surface area contributed by atoms with Crippen molar-refractivity contribution in [3.8, 4) is 0 Å². The van der Waals surface area contributed by atoms with E-state index in [4.69, 9.17) is 4.74 Å². The molecule has 0 aromatic heterocycles. The van der Waals surface area contributed by atoms with Crippen LogP contribution in [0.3, 0.4) is 0 Å². The molecular formula is C16H21BrN4O4. The summed E-state index contributed by atoms with van der Waals surface area (Å²) in [4.78, 5) is 39.1. The molecule has 8 nitrogen and oxygen atoms in total. The van der Waals surface area contributed by atoms with Gasteiger partial charge < -0.3 is 9.64 Å². The van der Waals surface area contributed by atoms with E-state index < -0.39 is 5.91 Å². The summed E-state index contributed by atoms with van der Waals surface area (Å²) in [5, 5.41) is 0. The monoisotopic (exact) mass is 412 g/mol. The highest BCUT2D eigenvalue weighted by molar-refractivity contribution is 9.10. The summed E-state index contributed by atoms with van der Waals surface area (Å²) in [6.07, 6.45) is -0.327. The van der Waals surface area contributed by atoms with Crippen molar-refractivity contribution >= 4 is 33.8 Å². The predicted octanol–water partition coefficient (Wildman–Crippen LogP) is 0.984. The first kappa shape index (κ1) is 19.2. The fraction of sp³-hybridized carbons (Fsp3) is 0.438. The lowest BCUT2D eigenvalue weighted by Gasteiger charge is -2.33. The highest BCUT2D eigenvalue weighted by Gasteiger charge is 2.23. The van der Waals surface area contributed by atoms with E-state index in [0.29, 0.717) is 42.8 Å². The van der Waals surface area contributed by atoms with Gasteiger partial charge in [0.05, 0.1) is 18.7 Å². The number of benzene rings is 1. The van der Waals surface area contributed by atoms with Crippen molar-refractivity contribution in [2.24, 2.45) is 0 Å². The van der Waals surface area contributed by atoms with Crippen molar-refractivity contribution in [1.82, 2.24) is 20.7 Å². The van der Waals surface area contributed by atoms with E-state index >= 15 is 0 Å². The summed E-state index contributed by atoms with van der Waals surface area (Å²) < 4.78 is 5.60. The Kier molecular flexibility index (Phi) is 7.20. The van der Waals surface area contributed by atoms with E-state index in [1.807, 2.05) is 4.90 Å². The van der Waals surface area contributed by atoms with Crippen molar-refractivity contribution in [1.29, 1.82) is 0 Å². The molecule has 9 heteroatoms. The van der Waals surface area contributed by atoms with Crippen molar-refractivity contribution < 1.29 is 19.1 Å². The molecule has 0 spiro atoms. The second-order valence-electron chi connectivity index (χ2n) is 5.44. The van der Waals surface area contributed by atoms with Gasteiger partial charge in [0.2, 0.25) is 0 Å². The van der Waals surface area contributed by atoms with Gasteiger partial charge in [0.25, 0.3) is 11.8 Å². The number of rotatable bonds is 4. The molecule has 1 aromatic rings. The first-order valence-corrected chi connectivity index (χ1v) is 8.78. The minimum absolute atomic E-state index is 0.146. The standard InChI is InChI=1S/C16H21BrN4O4/c1-2-25-16(24)21-9-7-20(8-10-21)11-14(22)18-19-15(23)12-5-3-4-6-13(12)17/h3-6H,2,7-11H2,1H3,(H,18,22)(H,19,23). The fourth-order valence-corrected chi connectivity index (χ4v) is 2.85. The normalized spacial score (nSPS) is 14.7. The Morgan fingerprint density at radius 3 is 2.44 bits per heavy atom. The Morgan fingerprint density at radius 2 is 1.80 bits per heavy atom. The summed E-state index contributed by atoms with van der Waals surface area (Å²) in [6, 6.07) is 6.94. The van der Waals surface area contributed by atoms with E-state index in [0.717, 1.165) is 0 Å². The average molecular weight is 413 g/mol. The quantitative estimate of drug-likeness (QED) is 0.719. The van der Waals surface area contributed by atoms with Gasteiger partial charge in [0.1, 0.15) is 0 Å². The van der Waals surface area contributed by atoms with Gasteiger partial charge in [-0.2, -0.15) is 0 Å². The third-order valence-corrected chi connectivity index (χ3v) is 4.39. The lowest BCUT2D eigenvalue weighted by molar-refractivity contribution is -0.123. The van der Waals surface area contributed by atoms with Gasteiger partial charge in [0, 0.05) is 30.7 Å². The van der Waals surface area contributed by atoms with Crippen LogP contribution in [-0.2, 0) is 9.53 Å². The molecule has 3 amide bonds. The second-order valence-corrected chi connectivity index (χ2v) is 6.30. The van der Waals surface area contributed by atoms with Gasteiger partial charge >= 0.3 is 6.09 Å². The molecule has 1 fully saturated rings. The predicted molar refractivity (Wildman–Crippen MR) is 94.8 cm³/mol. The van der Waals surface area contributed by atoms with Crippen molar-refractivity contribution in [3.63, 3.8) is 0 Å². The van der Waals surface area contributed by atoms with Crippen LogP contribution in [0, 0.1) is 0 Å². The Labute approximate surface area is 154 Å². The molecule has 1 saturated heterocycles. The Balaban J connectivity index is 1.72. The highest BCUT2D eigenvalue weighted by Crippen LogP contribution is 2.15. The maximum atomic E-state index is 12.0. The van der Waals surface area contributed by atoms with Crippen LogP contribution in [0.5, 0.6) is 0 Å². The van der Waals surface area contributed by atoms with E-state index in [2.05, 4.69) is 26.8 Å². The van der Waals surface area contributed by atoms with Crippen LogP contribution in [0.15, 0.2) is 28.7 Å². The largest absolute Gasteiger partial charge is 0.450 e. The summed E-state index contributed by atoms with van der Waals surface area (Å²) in [5.74, 6) is -0.710. The number of nitrogens with one attached hydrogen (secondary N) is 2. The molecule has 0 atom stereocenters. The lowest BCUT2D eigenvalue weighted by atomic mass is 10.2. The molecule has 1 aliphatic rings. The third kappa shape index (κ3) is 5.71. The molecule has 0 unspecified atom stereocenters. The van der Waals surface area contributed by atoms with Crippen LogP contribution >= 0.6 is 15.9 Å². The van der Waals surface area contributed by atoms with E-state index in [1.165, 1.54) is 0 Å². The van der Waals surface area contributed by atoms with Gasteiger partial charge in [-0.1, -0.05) is 12.1 Å². The zero-order valence-electron chi connectivity index (χ0n) is 14.0. The number of ether oxygens (including phenoxy) is 1. The number of amides is 3. The number of hydrogen-bond acceptors (Lipinski definition) is 5. The third-order valence-electron chi connectivity index (χ3n) is 3.70. The van der Waals surface area contributed by atoms with Crippen LogP contribution in [-0.4, -0.2) is 67.0 Å². The van der Waals surface area contributed by atoms with Crippen LogP contribution in [0.2, 0.25) is 0 Å². The lowest BCUT2D eigenvalue weighted by Crippen LogP contribution is -2.53. The summed E-state index contributed by atoms with van der Waals surface area (Å²) >= 11 is 3.29. The molecule has 2 rings (SSSR count). The van der Waals surface area contributed by atoms with E-state index in [9.17, 15) is 14.4 Å². The number of carbonyl (C=O) groups is 3. The number of halogens is 1. The van der Waals surface area contributed by atoms with Gasteiger partial charge in [0.15, 0.2) is 0 Å². The smallest absolute Gasteiger partial charge is 0.409 e. The van der Waals surface area contributed by atoms with Crippen LogP contribution in [0.25, 0.3) is 0 Å². The van der Waals surface area contributed by atoms with E-state index in [1.54, 1.807) is 36.1 Å². The Bertz CT molecular complexity index is 632. The molecule has 2 N–H and O–H groups in total. The first-order chi connectivity index (χ1) is 12.0. The van der Waals surface area contributed by atoms with Crippen molar-refractivity contribution in [3.05, 3.63) is 34.3 Å². The molecule has 1 aromatic carbocycles. The number of nitrogens with zero attached hydrogens (tertiary/aromatic N) is 2. The maximum absolute atomic E-state index is 12.0. The number of piperazine rings is 1. The molecule has 0 aliphatic carbocycles. The molecule has 1 aliphatic heterocycles. The second kappa shape index (κ2) is 9.38. The van der Waals surface area contributed by atoms with Gasteiger partial charge in [-0.25, -0.2) is 4.79 Å². The Hall–Kier alpha value is -2.13. The average Bonchev–Trinajstić information content (AvgIpc) is 2.61. The minimum atomic E-state index is -0.395. The minimum Gasteiger partial charge on any atom is -0.450 e. The summed E-state index contributed by atoms with van der Waals surface area (Å²) in [7, 11) is 0. The highest BCUT2D eigenvalue weighted by atomic mass is 79.9. The zero-order valence-corrected chi connectivity index (χ0v) is 15.5. The van der Waals surface area contributed by atoms with Crippen LogP contribution in [0.1, 0.15) is 17.3 Å². The zero-order chi connectivity index (χ0) is 18.2. The summed E-state index contributed by atoms with van der Waals surface area (Å²) in [6.45, 7) is 4.42. The van der Waals surface area contributed by atoms with Crippen molar-refractivity contribution in [2.75, 3.05) is 39.3 Å². The number of hydrazine groups is 1. The molecule has 0 saturated carbocycles. The molecule has 0 bridgehead atoms. The maximum Gasteiger partial charge on any atom is 0.409 e. The topological polar surface area (TPSA) is 91.0 Å². The van der Waals surface area contributed by atoms with Gasteiger partial charge in [-0.15, -0.1) is 0 Å². The number of carbonyl (C=O) groups excluding carboxylic acids is 3. The van der Waals surface area contributed by atoms with E-state index in [-0.39, 0.29) is 18.5 Å². The van der Waals surface area contributed by atoms with Crippen LogP contribution in [0.4, 0.5) is 4.79 Å². The summed E-state index contributed by atoms with van der Waals surface area (Å²) in [5.41, 5.74) is 5.23. The van der Waals surface area contributed by atoms with Gasteiger partial charge in [-0.05, 0) is 35.0 Å². The van der Waals surface area contributed by atoms with Crippen LogP contribution < -0.4 is 10.9 Å². The molecule has 1 heterocycles. The molecular weight excluding hydrogens is 392 g/mol.